The smallest absolute Gasteiger partial charge is 0.129 e. The van der Waals surface area contributed by atoms with E-state index in [2.05, 4.69) is 18.3 Å². The summed E-state index contributed by atoms with van der Waals surface area (Å²) in [5.41, 5.74) is 1.86. The molecular formula is C15H18ClFN2. The minimum atomic E-state index is -0.258. The lowest BCUT2D eigenvalue weighted by molar-refractivity contribution is 0.599. The summed E-state index contributed by atoms with van der Waals surface area (Å²) >= 11 is 5.74. The summed E-state index contributed by atoms with van der Waals surface area (Å²) in [6.45, 7) is 4.53. The maximum Gasteiger partial charge on any atom is 0.129 e. The molecule has 1 aromatic carbocycles. The highest BCUT2D eigenvalue weighted by Gasteiger charge is 2.04. The van der Waals surface area contributed by atoms with Crippen molar-refractivity contribution in [1.82, 2.24) is 9.88 Å². The van der Waals surface area contributed by atoms with Gasteiger partial charge in [-0.2, -0.15) is 0 Å². The van der Waals surface area contributed by atoms with Gasteiger partial charge in [0.25, 0.3) is 0 Å². The van der Waals surface area contributed by atoms with E-state index in [1.54, 1.807) is 12.1 Å². The van der Waals surface area contributed by atoms with Crippen molar-refractivity contribution in [2.75, 3.05) is 6.54 Å². The normalized spacial score (nSPS) is 10.9. The van der Waals surface area contributed by atoms with Crippen molar-refractivity contribution in [3.8, 4) is 0 Å². The standard InChI is InChI=1S/C15H18ClFN2/c1-2-6-18-9-12-5-7-19(10-12)11-13-3-4-14(16)8-15(13)17/h3-5,7-8,10,18H,2,6,9,11H2,1H3. The predicted molar refractivity (Wildman–Crippen MR) is 76.9 cm³/mol. The first-order chi connectivity index (χ1) is 9.19. The molecule has 4 heteroatoms. The van der Waals surface area contributed by atoms with Crippen molar-refractivity contribution >= 4 is 11.6 Å². The largest absolute Gasteiger partial charge is 0.349 e. The van der Waals surface area contributed by atoms with E-state index >= 15 is 0 Å². The highest BCUT2D eigenvalue weighted by molar-refractivity contribution is 6.30. The molecule has 2 nitrogen and oxygen atoms in total. The minimum Gasteiger partial charge on any atom is -0.349 e. The fourth-order valence-corrected chi connectivity index (χ4v) is 2.11. The highest BCUT2D eigenvalue weighted by atomic mass is 35.5. The maximum atomic E-state index is 13.7. The van der Waals surface area contributed by atoms with E-state index in [4.69, 9.17) is 11.6 Å². The van der Waals surface area contributed by atoms with E-state index < -0.39 is 0 Å². The Bertz CT molecular complexity index is 537. The minimum absolute atomic E-state index is 0.258. The Balaban J connectivity index is 1.99. The van der Waals surface area contributed by atoms with Crippen LogP contribution in [0.1, 0.15) is 24.5 Å². The molecule has 0 bridgehead atoms. The molecule has 0 spiro atoms. The van der Waals surface area contributed by atoms with E-state index in [0.29, 0.717) is 17.1 Å². The fraction of sp³-hybridized carbons (Fsp3) is 0.333. The summed E-state index contributed by atoms with van der Waals surface area (Å²) in [6, 6.07) is 6.85. The first-order valence-corrected chi connectivity index (χ1v) is 6.86. The van der Waals surface area contributed by atoms with Gasteiger partial charge in [0.2, 0.25) is 0 Å². The SMILES string of the molecule is CCCNCc1ccn(Cc2ccc(Cl)cc2F)c1. The van der Waals surface area contributed by atoms with Crippen molar-refractivity contribution in [2.24, 2.45) is 0 Å². The van der Waals surface area contributed by atoms with Gasteiger partial charge in [-0.15, -0.1) is 0 Å². The second-order valence-electron chi connectivity index (χ2n) is 4.60. The summed E-state index contributed by atoms with van der Waals surface area (Å²) in [4.78, 5) is 0. The van der Waals surface area contributed by atoms with Gasteiger partial charge in [0.15, 0.2) is 0 Å². The van der Waals surface area contributed by atoms with E-state index in [9.17, 15) is 4.39 Å². The van der Waals surface area contributed by atoms with Gasteiger partial charge < -0.3 is 9.88 Å². The topological polar surface area (TPSA) is 17.0 Å². The van der Waals surface area contributed by atoms with Crippen molar-refractivity contribution in [2.45, 2.75) is 26.4 Å². The van der Waals surface area contributed by atoms with Crippen molar-refractivity contribution in [1.29, 1.82) is 0 Å². The van der Waals surface area contributed by atoms with Crippen molar-refractivity contribution in [3.05, 3.63) is 58.6 Å². The maximum absolute atomic E-state index is 13.7. The molecule has 0 fully saturated rings. The number of nitrogens with zero attached hydrogens (tertiary/aromatic N) is 1. The number of halogens is 2. The summed E-state index contributed by atoms with van der Waals surface area (Å²) in [7, 11) is 0. The van der Waals surface area contributed by atoms with Crippen LogP contribution in [0.5, 0.6) is 0 Å². The Morgan fingerprint density at radius 2 is 2.16 bits per heavy atom. The average molecular weight is 281 g/mol. The van der Waals surface area contributed by atoms with Gasteiger partial charge in [0.05, 0.1) is 0 Å². The second kappa shape index (κ2) is 6.73. The third-order valence-corrected chi connectivity index (χ3v) is 3.17. The molecule has 0 radical (unpaired) electrons. The van der Waals surface area contributed by atoms with Gasteiger partial charge in [-0.05, 0) is 36.7 Å². The third kappa shape index (κ3) is 4.08. The summed E-state index contributed by atoms with van der Waals surface area (Å²) < 4.78 is 15.7. The van der Waals surface area contributed by atoms with Crippen LogP contribution >= 0.6 is 11.6 Å². The molecule has 0 amide bonds. The molecule has 0 aliphatic carbocycles. The van der Waals surface area contributed by atoms with E-state index in [-0.39, 0.29) is 5.82 Å². The van der Waals surface area contributed by atoms with Crippen LogP contribution in [0.3, 0.4) is 0 Å². The Morgan fingerprint density at radius 1 is 1.32 bits per heavy atom. The van der Waals surface area contributed by atoms with Crippen molar-refractivity contribution < 1.29 is 4.39 Å². The Kier molecular flexibility index (Phi) is 5.00. The van der Waals surface area contributed by atoms with Gasteiger partial charge in [-0.3, -0.25) is 0 Å². The summed E-state index contributed by atoms with van der Waals surface area (Å²) in [5, 5.41) is 3.77. The predicted octanol–water partition coefficient (Wildman–Crippen LogP) is 3.83. The summed E-state index contributed by atoms with van der Waals surface area (Å²) in [6.07, 6.45) is 5.13. The molecule has 0 saturated carbocycles. The van der Waals surface area contributed by atoms with Crippen LogP contribution in [0.25, 0.3) is 0 Å². The van der Waals surface area contributed by atoms with E-state index in [0.717, 1.165) is 19.5 Å². The molecule has 0 unspecified atom stereocenters. The van der Waals surface area contributed by atoms with Crippen LogP contribution in [0.15, 0.2) is 36.7 Å². The Hall–Kier alpha value is -1.32. The number of rotatable bonds is 6. The molecule has 19 heavy (non-hydrogen) atoms. The van der Waals surface area contributed by atoms with Crippen molar-refractivity contribution in [3.63, 3.8) is 0 Å². The Labute approximate surface area is 118 Å². The van der Waals surface area contributed by atoms with Crippen LogP contribution < -0.4 is 5.32 Å². The quantitative estimate of drug-likeness (QED) is 0.796. The average Bonchev–Trinajstić information content (AvgIpc) is 2.81. The second-order valence-corrected chi connectivity index (χ2v) is 5.04. The van der Waals surface area contributed by atoms with Crippen LogP contribution in [0.2, 0.25) is 5.02 Å². The Morgan fingerprint density at radius 3 is 2.89 bits per heavy atom. The molecule has 1 aromatic heterocycles. The number of hydrogen-bond donors (Lipinski definition) is 1. The molecular weight excluding hydrogens is 263 g/mol. The number of hydrogen-bond acceptors (Lipinski definition) is 1. The van der Waals surface area contributed by atoms with Gasteiger partial charge in [0.1, 0.15) is 5.82 Å². The molecule has 102 valence electrons. The van der Waals surface area contributed by atoms with E-state index in [1.165, 1.54) is 11.6 Å². The molecule has 2 rings (SSSR count). The monoisotopic (exact) mass is 280 g/mol. The highest BCUT2D eigenvalue weighted by Crippen LogP contribution is 2.16. The zero-order valence-electron chi connectivity index (χ0n) is 11.0. The van der Waals surface area contributed by atoms with Crippen LogP contribution in [0.4, 0.5) is 4.39 Å². The van der Waals surface area contributed by atoms with Crippen LogP contribution in [0, 0.1) is 5.82 Å². The lowest BCUT2D eigenvalue weighted by atomic mass is 10.2. The summed E-state index contributed by atoms with van der Waals surface area (Å²) in [5.74, 6) is -0.258. The zero-order valence-corrected chi connectivity index (χ0v) is 11.8. The molecule has 1 N–H and O–H groups in total. The first-order valence-electron chi connectivity index (χ1n) is 6.48. The third-order valence-electron chi connectivity index (χ3n) is 2.94. The van der Waals surface area contributed by atoms with Gasteiger partial charge in [-0.1, -0.05) is 24.6 Å². The van der Waals surface area contributed by atoms with Gasteiger partial charge in [0, 0.05) is 36.1 Å². The van der Waals surface area contributed by atoms with E-state index in [1.807, 2.05) is 17.0 Å². The lowest BCUT2D eigenvalue weighted by Gasteiger charge is -2.05. The van der Waals surface area contributed by atoms with Gasteiger partial charge in [-0.25, -0.2) is 4.39 Å². The molecule has 2 aromatic rings. The van der Waals surface area contributed by atoms with Crippen LogP contribution in [-0.2, 0) is 13.1 Å². The van der Waals surface area contributed by atoms with Gasteiger partial charge >= 0.3 is 0 Å². The molecule has 0 aliphatic rings. The number of aromatic nitrogens is 1. The lowest BCUT2D eigenvalue weighted by Crippen LogP contribution is -2.13. The molecule has 1 heterocycles. The zero-order chi connectivity index (χ0) is 13.7. The number of nitrogens with one attached hydrogen (secondary N) is 1. The van der Waals surface area contributed by atoms with Crippen LogP contribution in [-0.4, -0.2) is 11.1 Å². The first kappa shape index (κ1) is 14.1. The molecule has 0 atom stereocenters. The molecule has 0 aliphatic heterocycles. The fourth-order valence-electron chi connectivity index (χ4n) is 1.95. The number of benzene rings is 1. The molecule has 0 saturated heterocycles.